The van der Waals surface area contributed by atoms with E-state index in [2.05, 4.69) is 13.2 Å². The summed E-state index contributed by atoms with van der Waals surface area (Å²) in [6.45, 7) is 9.48. The molecule has 1 aromatic rings. The average Bonchev–Trinajstić information content (AvgIpc) is 2.30. The number of carbonyl (C=O) groups is 1. The van der Waals surface area contributed by atoms with Gasteiger partial charge in [-0.1, -0.05) is 49.6 Å². The van der Waals surface area contributed by atoms with E-state index in [4.69, 9.17) is 10.5 Å². The fraction of sp³-hybridized carbons (Fsp3) is 0. The van der Waals surface area contributed by atoms with Crippen molar-refractivity contribution in [2.24, 2.45) is 5.73 Å². The largest absolute Gasteiger partial charge is 0.399 e. The third-order valence-corrected chi connectivity index (χ3v) is 1.64. The summed E-state index contributed by atoms with van der Waals surface area (Å²) in [7, 11) is 0. The van der Waals surface area contributed by atoms with Crippen LogP contribution >= 0.6 is 0 Å². The van der Waals surface area contributed by atoms with Crippen LogP contribution in [0.1, 0.15) is 5.56 Å². The van der Waals surface area contributed by atoms with Crippen LogP contribution in [0.4, 0.5) is 0 Å². The number of hydrogen-bond acceptors (Lipinski definition) is 2. The molecule has 2 heteroatoms. The molecule has 0 saturated heterocycles. The first kappa shape index (κ1) is 12.9. The van der Waals surface area contributed by atoms with Gasteiger partial charge in [0.2, 0.25) is 0 Å². The molecule has 1 rings (SSSR count). The van der Waals surface area contributed by atoms with Crippen LogP contribution in [0.3, 0.4) is 0 Å². The molecule has 0 fully saturated rings. The molecule has 0 atom stereocenters. The standard InChI is InChI=1S/C12H13N.CH2O/c1-10(8-9-11(2)13)12-6-4-3-5-7-12;1-2/h3-9H,1-2,13H2;1H2/b9-8-;. The Bertz CT molecular complexity index is 352. The molecule has 0 saturated carbocycles. The summed E-state index contributed by atoms with van der Waals surface area (Å²) < 4.78 is 0. The van der Waals surface area contributed by atoms with Gasteiger partial charge in [0.15, 0.2) is 0 Å². The van der Waals surface area contributed by atoms with Gasteiger partial charge in [0.25, 0.3) is 0 Å². The zero-order chi connectivity index (χ0) is 11.7. The minimum absolute atomic E-state index is 0.539. The lowest BCUT2D eigenvalue weighted by Gasteiger charge is -1.98. The Hall–Kier alpha value is -2.09. The van der Waals surface area contributed by atoms with E-state index in [1.165, 1.54) is 0 Å². The Morgan fingerprint density at radius 2 is 1.60 bits per heavy atom. The zero-order valence-electron chi connectivity index (χ0n) is 8.65. The molecule has 0 amide bonds. The number of nitrogens with two attached hydrogens (primary N) is 1. The first-order chi connectivity index (χ1) is 7.20. The van der Waals surface area contributed by atoms with Crippen LogP contribution in [0, 0.1) is 0 Å². The molecule has 0 heterocycles. The Labute approximate surface area is 90.4 Å². The maximum Gasteiger partial charge on any atom is 0.106 e. The average molecular weight is 201 g/mol. The molecule has 0 aliphatic heterocycles. The third kappa shape index (κ3) is 5.26. The van der Waals surface area contributed by atoms with Gasteiger partial charge < -0.3 is 10.5 Å². The molecular formula is C13H15NO. The number of allylic oxidation sites excluding steroid dienone is 3. The highest BCUT2D eigenvalue weighted by Crippen LogP contribution is 2.12. The summed E-state index contributed by atoms with van der Waals surface area (Å²) >= 11 is 0. The van der Waals surface area contributed by atoms with Crippen molar-refractivity contribution in [1.82, 2.24) is 0 Å². The van der Waals surface area contributed by atoms with Gasteiger partial charge in [0.1, 0.15) is 6.79 Å². The zero-order valence-corrected chi connectivity index (χ0v) is 8.65. The molecule has 2 N–H and O–H groups in total. The molecule has 78 valence electrons. The topological polar surface area (TPSA) is 43.1 Å². The molecule has 0 unspecified atom stereocenters. The number of benzene rings is 1. The lowest BCUT2D eigenvalue weighted by Crippen LogP contribution is -1.88. The maximum atomic E-state index is 8.00. The fourth-order valence-electron chi connectivity index (χ4n) is 0.956. The fourth-order valence-corrected chi connectivity index (χ4v) is 0.956. The monoisotopic (exact) mass is 201 g/mol. The maximum absolute atomic E-state index is 8.00. The van der Waals surface area contributed by atoms with Gasteiger partial charge in [-0.3, -0.25) is 0 Å². The Kier molecular flexibility index (Phi) is 6.31. The minimum Gasteiger partial charge on any atom is -0.399 e. The molecule has 1 aromatic carbocycles. The van der Waals surface area contributed by atoms with Crippen LogP contribution in [-0.2, 0) is 4.79 Å². The highest BCUT2D eigenvalue weighted by Gasteiger charge is 1.91. The second-order valence-electron chi connectivity index (χ2n) is 2.80. The summed E-state index contributed by atoms with van der Waals surface area (Å²) in [6.07, 6.45) is 3.60. The number of carbonyl (C=O) groups excluding carboxylic acids is 1. The van der Waals surface area contributed by atoms with Crippen LogP contribution in [0.2, 0.25) is 0 Å². The normalized spacial score (nSPS) is 9.07. The van der Waals surface area contributed by atoms with E-state index in [9.17, 15) is 0 Å². The van der Waals surface area contributed by atoms with Crippen molar-refractivity contribution in [2.45, 2.75) is 0 Å². The van der Waals surface area contributed by atoms with Crippen LogP contribution in [0.5, 0.6) is 0 Å². The first-order valence-corrected chi connectivity index (χ1v) is 4.36. The Morgan fingerprint density at radius 3 is 2.07 bits per heavy atom. The quantitative estimate of drug-likeness (QED) is 0.764. The van der Waals surface area contributed by atoms with Crippen LogP contribution in [0.15, 0.2) is 61.3 Å². The highest BCUT2D eigenvalue weighted by atomic mass is 16.1. The van der Waals surface area contributed by atoms with Crippen molar-refractivity contribution in [3.05, 3.63) is 66.9 Å². The van der Waals surface area contributed by atoms with Crippen molar-refractivity contribution >= 4 is 12.4 Å². The summed E-state index contributed by atoms with van der Waals surface area (Å²) in [4.78, 5) is 8.00. The molecule has 0 bridgehead atoms. The van der Waals surface area contributed by atoms with E-state index in [1.807, 2.05) is 43.2 Å². The molecule has 0 radical (unpaired) electrons. The van der Waals surface area contributed by atoms with Crippen LogP contribution in [-0.4, -0.2) is 6.79 Å². The predicted molar refractivity (Wildman–Crippen MR) is 65.1 cm³/mol. The van der Waals surface area contributed by atoms with Gasteiger partial charge in [-0.05, 0) is 17.2 Å². The lowest BCUT2D eigenvalue weighted by molar-refractivity contribution is -0.0979. The highest BCUT2D eigenvalue weighted by molar-refractivity contribution is 5.72. The van der Waals surface area contributed by atoms with E-state index in [0.29, 0.717) is 5.70 Å². The second-order valence-corrected chi connectivity index (χ2v) is 2.80. The van der Waals surface area contributed by atoms with Crippen molar-refractivity contribution < 1.29 is 4.79 Å². The van der Waals surface area contributed by atoms with Gasteiger partial charge in [0.05, 0.1) is 0 Å². The summed E-state index contributed by atoms with van der Waals surface area (Å²) in [5.41, 5.74) is 7.97. The molecule has 2 nitrogen and oxygen atoms in total. The van der Waals surface area contributed by atoms with Crippen LogP contribution in [0.25, 0.3) is 5.57 Å². The number of hydrogen-bond donors (Lipinski definition) is 1. The van der Waals surface area contributed by atoms with E-state index in [1.54, 1.807) is 6.08 Å². The molecule has 0 spiro atoms. The second kappa shape index (κ2) is 7.33. The van der Waals surface area contributed by atoms with Crippen molar-refractivity contribution in [1.29, 1.82) is 0 Å². The molecule has 15 heavy (non-hydrogen) atoms. The van der Waals surface area contributed by atoms with E-state index in [-0.39, 0.29) is 0 Å². The molecule has 0 aromatic heterocycles. The molecule has 0 aliphatic carbocycles. The summed E-state index contributed by atoms with van der Waals surface area (Å²) in [5.74, 6) is 0. The first-order valence-electron chi connectivity index (χ1n) is 4.36. The molecule has 0 aliphatic rings. The SMILES string of the molecule is C=C(N)/C=C\C(=C)c1ccccc1.C=O. The lowest BCUT2D eigenvalue weighted by atomic mass is 10.1. The summed E-state index contributed by atoms with van der Waals surface area (Å²) in [5, 5.41) is 0. The smallest absolute Gasteiger partial charge is 0.106 e. The molecular weight excluding hydrogens is 186 g/mol. The van der Waals surface area contributed by atoms with Gasteiger partial charge in [0, 0.05) is 5.70 Å². The Balaban J connectivity index is 0.000000921. The van der Waals surface area contributed by atoms with E-state index < -0.39 is 0 Å². The predicted octanol–water partition coefficient (Wildman–Crippen LogP) is 2.54. The minimum atomic E-state index is 0.539. The third-order valence-electron chi connectivity index (χ3n) is 1.64. The summed E-state index contributed by atoms with van der Waals surface area (Å²) in [6, 6.07) is 9.94. The van der Waals surface area contributed by atoms with E-state index in [0.717, 1.165) is 11.1 Å². The van der Waals surface area contributed by atoms with Crippen molar-refractivity contribution in [3.63, 3.8) is 0 Å². The Morgan fingerprint density at radius 1 is 1.07 bits per heavy atom. The van der Waals surface area contributed by atoms with Crippen molar-refractivity contribution in [2.75, 3.05) is 0 Å². The van der Waals surface area contributed by atoms with E-state index >= 15 is 0 Å². The van der Waals surface area contributed by atoms with Crippen LogP contribution < -0.4 is 5.73 Å². The van der Waals surface area contributed by atoms with Gasteiger partial charge in [-0.25, -0.2) is 0 Å². The van der Waals surface area contributed by atoms with Gasteiger partial charge in [-0.2, -0.15) is 0 Å². The van der Waals surface area contributed by atoms with Gasteiger partial charge in [-0.15, -0.1) is 0 Å². The van der Waals surface area contributed by atoms with Gasteiger partial charge >= 0.3 is 0 Å². The number of rotatable bonds is 3. The van der Waals surface area contributed by atoms with Crippen molar-refractivity contribution in [3.8, 4) is 0 Å².